The molecule has 7 heteroatoms. The number of carbonyl (C=O) groups excluding carboxylic acids is 1. The zero-order valence-electron chi connectivity index (χ0n) is 8.18. The number of nitrogens with zero attached hydrogens (tertiary/aromatic N) is 1. The molecule has 0 spiro atoms. The summed E-state index contributed by atoms with van der Waals surface area (Å²) < 4.78 is 36.4. The minimum Gasteiger partial charge on any atom is -0.339 e. The fourth-order valence-electron chi connectivity index (χ4n) is 0.887. The predicted octanol–water partition coefficient (Wildman–Crippen LogP) is 2.42. The van der Waals surface area contributed by atoms with Gasteiger partial charge in [-0.25, -0.2) is 4.98 Å². The first-order chi connectivity index (χ1) is 7.30. The monoisotopic (exact) mass is 252 g/mol. The average molecular weight is 253 g/mol. The van der Waals surface area contributed by atoms with Crippen molar-refractivity contribution in [2.75, 3.05) is 0 Å². The van der Waals surface area contributed by atoms with Gasteiger partial charge in [-0.05, 0) is 19.1 Å². The van der Waals surface area contributed by atoms with Crippen LogP contribution < -0.4 is 5.32 Å². The Bertz CT molecular complexity index is 395. The number of rotatable bonds is 2. The van der Waals surface area contributed by atoms with Crippen molar-refractivity contribution in [1.82, 2.24) is 10.3 Å². The second-order valence-electron chi connectivity index (χ2n) is 3.08. The number of alkyl halides is 3. The van der Waals surface area contributed by atoms with Gasteiger partial charge < -0.3 is 5.32 Å². The Morgan fingerprint density at radius 2 is 2.12 bits per heavy atom. The molecule has 0 aliphatic heterocycles. The van der Waals surface area contributed by atoms with Crippen LogP contribution in [0.5, 0.6) is 0 Å². The SMILES string of the molecule is CC(NC(=O)c1cccc(Cl)n1)C(F)(F)F. The second kappa shape index (κ2) is 4.69. The van der Waals surface area contributed by atoms with Gasteiger partial charge in [0.05, 0.1) is 0 Å². The molecule has 1 heterocycles. The molecule has 0 saturated heterocycles. The molecular formula is C9H8ClF3N2O. The molecule has 0 saturated carbocycles. The van der Waals surface area contributed by atoms with Crippen LogP contribution in [0.4, 0.5) is 13.2 Å². The molecular weight excluding hydrogens is 245 g/mol. The number of aromatic nitrogens is 1. The van der Waals surface area contributed by atoms with Crippen molar-refractivity contribution in [1.29, 1.82) is 0 Å². The number of amides is 1. The molecule has 3 nitrogen and oxygen atoms in total. The molecule has 1 atom stereocenters. The van der Waals surface area contributed by atoms with E-state index in [0.29, 0.717) is 0 Å². The summed E-state index contributed by atoms with van der Waals surface area (Å²) in [7, 11) is 0. The van der Waals surface area contributed by atoms with Crippen LogP contribution in [0.3, 0.4) is 0 Å². The Balaban J connectivity index is 2.74. The van der Waals surface area contributed by atoms with Gasteiger partial charge in [-0.2, -0.15) is 13.2 Å². The lowest BCUT2D eigenvalue weighted by atomic mass is 10.3. The summed E-state index contributed by atoms with van der Waals surface area (Å²) in [6, 6.07) is 2.21. The van der Waals surface area contributed by atoms with E-state index in [2.05, 4.69) is 4.98 Å². The van der Waals surface area contributed by atoms with Crippen LogP contribution in [0.1, 0.15) is 17.4 Å². The van der Waals surface area contributed by atoms with E-state index >= 15 is 0 Å². The van der Waals surface area contributed by atoms with Gasteiger partial charge in [0.2, 0.25) is 0 Å². The number of halogens is 4. The third kappa shape index (κ3) is 3.37. The van der Waals surface area contributed by atoms with Crippen LogP contribution in [-0.2, 0) is 0 Å². The molecule has 1 amide bonds. The predicted molar refractivity (Wildman–Crippen MR) is 52.2 cm³/mol. The lowest BCUT2D eigenvalue weighted by molar-refractivity contribution is -0.149. The van der Waals surface area contributed by atoms with Gasteiger partial charge in [0.15, 0.2) is 0 Å². The van der Waals surface area contributed by atoms with Crippen LogP contribution in [0.2, 0.25) is 5.15 Å². The summed E-state index contributed by atoms with van der Waals surface area (Å²) in [5.74, 6) is -0.910. The molecule has 0 bridgehead atoms. The first kappa shape index (κ1) is 12.8. The highest BCUT2D eigenvalue weighted by atomic mass is 35.5. The van der Waals surface area contributed by atoms with Crippen molar-refractivity contribution < 1.29 is 18.0 Å². The zero-order chi connectivity index (χ0) is 12.3. The molecule has 1 N–H and O–H groups in total. The minimum atomic E-state index is -4.48. The average Bonchev–Trinajstić information content (AvgIpc) is 2.16. The van der Waals surface area contributed by atoms with Gasteiger partial charge in [-0.1, -0.05) is 17.7 Å². The molecule has 1 rings (SSSR count). The third-order valence-electron chi connectivity index (χ3n) is 1.79. The molecule has 0 aromatic carbocycles. The Morgan fingerprint density at radius 3 is 2.62 bits per heavy atom. The van der Waals surface area contributed by atoms with Crippen molar-refractivity contribution >= 4 is 17.5 Å². The fraction of sp³-hybridized carbons (Fsp3) is 0.333. The van der Waals surface area contributed by atoms with E-state index in [4.69, 9.17) is 11.6 Å². The number of carbonyl (C=O) groups is 1. The summed E-state index contributed by atoms with van der Waals surface area (Å²) in [6.45, 7) is 0.850. The van der Waals surface area contributed by atoms with Gasteiger partial charge in [0.1, 0.15) is 16.9 Å². The normalized spacial score (nSPS) is 13.3. The van der Waals surface area contributed by atoms with Gasteiger partial charge in [0, 0.05) is 0 Å². The van der Waals surface area contributed by atoms with Crippen molar-refractivity contribution in [3.05, 3.63) is 29.0 Å². The van der Waals surface area contributed by atoms with E-state index in [-0.39, 0.29) is 10.8 Å². The first-order valence-corrected chi connectivity index (χ1v) is 4.68. The van der Waals surface area contributed by atoms with Gasteiger partial charge >= 0.3 is 6.18 Å². The van der Waals surface area contributed by atoms with Crippen molar-refractivity contribution in [3.63, 3.8) is 0 Å². The summed E-state index contributed by atoms with van der Waals surface area (Å²) >= 11 is 5.50. The lowest BCUT2D eigenvalue weighted by Crippen LogP contribution is -2.43. The third-order valence-corrected chi connectivity index (χ3v) is 2.00. The van der Waals surface area contributed by atoms with Crippen LogP contribution >= 0.6 is 11.6 Å². The number of pyridine rings is 1. The van der Waals surface area contributed by atoms with Crippen LogP contribution in [0.25, 0.3) is 0 Å². The van der Waals surface area contributed by atoms with Crippen molar-refractivity contribution in [2.45, 2.75) is 19.1 Å². The molecule has 88 valence electrons. The highest BCUT2D eigenvalue weighted by Gasteiger charge is 2.37. The Morgan fingerprint density at radius 1 is 1.50 bits per heavy atom. The van der Waals surface area contributed by atoms with Gasteiger partial charge in [0.25, 0.3) is 5.91 Å². The van der Waals surface area contributed by atoms with Gasteiger partial charge in [-0.15, -0.1) is 0 Å². The lowest BCUT2D eigenvalue weighted by Gasteiger charge is -2.16. The fourth-order valence-corrected chi connectivity index (χ4v) is 1.05. The number of nitrogens with one attached hydrogen (secondary N) is 1. The van der Waals surface area contributed by atoms with Crippen LogP contribution in [-0.4, -0.2) is 23.1 Å². The first-order valence-electron chi connectivity index (χ1n) is 4.31. The van der Waals surface area contributed by atoms with Crippen LogP contribution in [0.15, 0.2) is 18.2 Å². The van der Waals surface area contributed by atoms with E-state index in [1.807, 2.05) is 0 Å². The van der Waals surface area contributed by atoms with E-state index in [0.717, 1.165) is 6.92 Å². The maximum absolute atomic E-state index is 12.1. The number of hydrogen-bond donors (Lipinski definition) is 1. The highest BCUT2D eigenvalue weighted by Crippen LogP contribution is 2.19. The largest absolute Gasteiger partial charge is 0.408 e. The molecule has 0 fully saturated rings. The second-order valence-corrected chi connectivity index (χ2v) is 3.47. The van der Waals surface area contributed by atoms with E-state index in [1.165, 1.54) is 18.2 Å². The molecule has 0 aliphatic rings. The topological polar surface area (TPSA) is 42.0 Å². The summed E-state index contributed by atoms with van der Waals surface area (Å²) in [4.78, 5) is 14.9. The number of hydrogen-bond acceptors (Lipinski definition) is 2. The maximum atomic E-state index is 12.1. The summed E-state index contributed by atoms with van der Waals surface area (Å²) in [5.41, 5.74) is -0.149. The minimum absolute atomic E-state index is 0.0484. The standard InChI is InChI=1S/C9H8ClF3N2O/c1-5(9(11,12)13)14-8(16)6-3-2-4-7(10)15-6/h2-5H,1H3,(H,14,16). The molecule has 1 aromatic rings. The maximum Gasteiger partial charge on any atom is 0.408 e. The Labute approximate surface area is 94.6 Å². The molecule has 1 unspecified atom stereocenters. The zero-order valence-corrected chi connectivity index (χ0v) is 8.93. The van der Waals surface area contributed by atoms with Crippen molar-refractivity contribution in [3.8, 4) is 0 Å². The summed E-state index contributed by atoms with van der Waals surface area (Å²) in [6.07, 6.45) is -4.48. The van der Waals surface area contributed by atoms with E-state index in [1.54, 1.807) is 5.32 Å². The van der Waals surface area contributed by atoms with Crippen molar-refractivity contribution in [2.24, 2.45) is 0 Å². The van der Waals surface area contributed by atoms with Gasteiger partial charge in [-0.3, -0.25) is 4.79 Å². The molecule has 0 radical (unpaired) electrons. The highest BCUT2D eigenvalue weighted by molar-refractivity contribution is 6.29. The Hall–Kier alpha value is -1.30. The molecule has 1 aromatic heterocycles. The summed E-state index contributed by atoms with van der Waals surface area (Å²) in [5, 5.41) is 1.83. The van der Waals surface area contributed by atoms with E-state index < -0.39 is 18.1 Å². The molecule has 16 heavy (non-hydrogen) atoms. The molecule has 0 aliphatic carbocycles. The van der Waals surface area contributed by atoms with Crippen LogP contribution in [0, 0.1) is 0 Å². The smallest absolute Gasteiger partial charge is 0.339 e. The van der Waals surface area contributed by atoms with E-state index in [9.17, 15) is 18.0 Å². The Kier molecular flexibility index (Phi) is 3.74. The quantitative estimate of drug-likeness (QED) is 0.822.